The zero-order chi connectivity index (χ0) is 24.8. The van der Waals surface area contributed by atoms with E-state index in [0.717, 1.165) is 50.0 Å². The van der Waals surface area contributed by atoms with Crippen molar-refractivity contribution in [2.75, 3.05) is 0 Å². The highest BCUT2D eigenvalue weighted by molar-refractivity contribution is 6.15. The Balaban J connectivity index is 1.35. The summed E-state index contributed by atoms with van der Waals surface area (Å²) in [5.74, 6) is 0.879. The van der Waals surface area contributed by atoms with Gasteiger partial charge in [-0.15, -0.1) is 0 Å². The molecule has 0 unspecified atom stereocenters. The van der Waals surface area contributed by atoms with Gasteiger partial charge in [-0.2, -0.15) is 0 Å². The first-order valence-corrected chi connectivity index (χ1v) is 12.9. The molecule has 176 valence electrons. The Bertz CT molecular complexity index is 2240. The van der Waals surface area contributed by atoms with Crippen LogP contribution in [-0.2, 0) is 0 Å². The van der Waals surface area contributed by atoms with Crippen LogP contribution in [-0.4, -0.2) is 9.55 Å². The average Bonchev–Trinajstić information content (AvgIpc) is 3.64. The Hall–Kier alpha value is -5.15. The van der Waals surface area contributed by atoms with E-state index in [1.54, 1.807) is 0 Å². The lowest BCUT2D eigenvalue weighted by Gasteiger charge is -2.12. The molecule has 0 amide bonds. The van der Waals surface area contributed by atoms with Crippen molar-refractivity contribution in [1.82, 2.24) is 9.55 Å². The monoisotopic (exact) mass is 484 g/mol. The largest absolute Gasteiger partial charge is 0.455 e. The minimum absolute atomic E-state index is 0.864. The molecule has 0 saturated carbocycles. The summed E-state index contributed by atoms with van der Waals surface area (Å²) in [5, 5.41) is 4.84. The third kappa shape index (κ3) is 2.55. The molecule has 0 aliphatic heterocycles. The Kier molecular flexibility index (Phi) is 3.79. The minimum atomic E-state index is 0.864. The quantitative estimate of drug-likeness (QED) is 0.245. The fraction of sp³-hybridized carbons (Fsp3) is 0. The van der Waals surface area contributed by atoms with E-state index in [1.165, 1.54) is 33.0 Å². The van der Waals surface area contributed by atoms with Crippen LogP contribution < -0.4 is 0 Å². The predicted molar refractivity (Wildman–Crippen MR) is 156 cm³/mol. The number of nitrogens with zero attached hydrogens (tertiary/aromatic N) is 2. The number of benzene rings is 6. The summed E-state index contributed by atoms with van der Waals surface area (Å²) in [4.78, 5) is 5.15. The van der Waals surface area contributed by atoms with Gasteiger partial charge in [-0.3, -0.25) is 4.57 Å². The van der Waals surface area contributed by atoms with Crippen LogP contribution >= 0.6 is 0 Å². The molecule has 1 aliphatic rings. The van der Waals surface area contributed by atoms with Crippen molar-refractivity contribution >= 4 is 43.7 Å². The van der Waals surface area contributed by atoms with Crippen LogP contribution in [0.3, 0.4) is 0 Å². The molecular formula is C35H20N2O. The van der Waals surface area contributed by atoms with Crippen LogP contribution in [0.1, 0.15) is 0 Å². The summed E-state index contributed by atoms with van der Waals surface area (Å²) in [6.45, 7) is 0. The molecule has 0 spiro atoms. The van der Waals surface area contributed by atoms with E-state index in [-0.39, 0.29) is 0 Å². The van der Waals surface area contributed by atoms with E-state index in [4.69, 9.17) is 9.40 Å². The van der Waals surface area contributed by atoms with Crippen molar-refractivity contribution in [2.24, 2.45) is 0 Å². The van der Waals surface area contributed by atoms with Crippen molar-refractivity contribution in [3.05, 3.63) is 121 Å². The minimum Gasteiger partial charge on any atom is -0.455 e. The molecular weight excluding hydrogens is 464 g/mol. The van der Waals surface area contributed by atoms with Crippen LogP contribution in [0.2, 0.25) is 0 Å². The van der Waals surface area contributed by atoms with Gasteiger partial charge < -0.3 is 4.42 Å². The van der Waals surface area contributed by atoms with Crippen molar-refractivity contribution in [1.29, 1.82) is 0 Å². The Morgan fingerprint density at radius 3 is 2.21 bits per heavy atom. The van der Waals surface area contributed by atoms with E-state index in [2.05, 4.69) is 108 Å². The highest BCUT2D eigenvalue weighted by Crippen LogP contribution is 2.48. The Morgan fingerprint density at radius 2 is 1.29 bits per heavy atom. The maximum Gasteiger partial charge on any atom is 0.149 e. The van der Waals surface area contributed by atoms with Crippen molar-refractivity contribution < 1.29 is 4.42 Å². The summed E-state index contributed by atoms with van der Waals surface area (Å²) in [7, 11) is 0. The molecule has 2 heterocycles. The zero-order valence-corrected chi connectivity index (χ0v) is 20.3. The average molecular weight is 485 g/mol. The maximum atomic E-state index is 6.43. The molecule has 8 aromatic rings. The number of aromatic nitrogens is 2. The predicted octanol–water partition coefficient (Wildman–Crippen LogP) is 9.39. The number of fused-ring (bicyclic) bond motifs is 7. The molecule has 0 radical (unpaired) electrons. The van der Waals surface area contributed by atoms with Gasteiger partial charge in [0.2, 0.25) is 0 Å². The van der Waals surface area contributed by atoms with Crippen molar-refractivity contribution in [3.63, 3.8) is 0 Å². The number of para-hydroxylation sites is 4. The van der Waals surface area contributed by atoms with Gasteiger partial charge in [-0.05, 0) is 69.4 Å². The third-order valence-electron chi connectivity index (χ3n) is 7.95. The lowest BCUT2D eigenvalue weighted by atomic mass is 10.0. The van der Waals surface area contributed by atoms with Gasteiger partial charge in [0.25, 0.3) is 0 Å². The maximum absolute atomic E-state index is 6.43. The van der Waals surface area contributed by atoms with Crippen LogP contribution in [0.5, 0.6) is 0 Å². The molecule has 0 bridgehead atoms. The molecule has 1 aliphatic carbocycles. The van der Waals surface area contributed by atoms with Gasteiger partial charge in [0.15, 0.2) is 0 Å². The number of rotatable bonds is 2. The standard InChI is InChI=1S/C35H20N2O/c1-4-17-32-24(10-1)27-13-7-14-28(34(27)38-32)35-36-30-15-2-3-16-31(30)37(35)22-18-19-23-25-11-5-8-21-9-6-12-26(33(21)25)29(23)20-22/h1-20H. The second-order valence-corrected chi connectivity index (χ2v) is 9.98. The summed E-state index contributed by atoms with van der Waals surface area (Å²) < 4.78 is 8.70. The molecule has 2 aromatic heterocycles. The first-order chi connectivity index (χ1) is 18.8. The van der Waals surface area contributed by atoms with Gasteiger partial charge in [0, 0.05) is 16.5 Å². The summed E-state index contributed by atoms with van der Waals surface area (Å²) in [6.07, 6.45) is 0. The van der Waals surface area contributed by atoms with Gasteiger partial charge >= 0.3 is 0 Å². The Labute approximate surface area is 218 Å². The van der Waals surface area contributed by atoms with Gasteiger partial charge in [0.05, 0.1) is 16.6 Å². The number of hydrogen-bond acceptors (Lipinski definition) is 2. The first kappa shape index (κ1) is 20.0. The van der Waals surface area contributed by atoms with Crippen LogP contribution in [0, 0.1) is 0 Å². The number of hydrogen-bond donors (Lipinski definition) is 0. The normalized spacial score (nSPS) is 12.2. The van der Waals surface area contributed by atoms with Crippen molar-refractivity contribution in [2.45, 2.75) is 0 Å². The summed E-state index contributed by atoms with van der Waals surface area (Å²) >= 11 is 0. The Morgan fingerprint density at radius 1 is 0.553 bits per heavy atom. The van der Waals surface area contributed by atoms with Gasteiger partial charge in [-0.25, -0.2) is 4.98 Å². The lowest BCUT2D eigenvalue weighted by Crippen LogP contribution is -1.98. The van der Waals surface area contributed by atoms with E-state index in [0.29, 0.717) is 0 Å². The molecule has 3 heteroatoms. The fourth-order valence-corrected chi connectivity index (χ4v) is 6.31. The fourth-order valence-electron chi connectivity index (χ4n) is 6.31. The van der Waals surface area contributed by atoms with Crippen LogP contribution in [0.25, 0.3) is 83.1 Å². The highest BCUT2D eigenvalue weighted by Gasteiger charge is 2.24. The topological polar surface area (TPSA) is 31.0 Å². The van der Waals surface area contributed by atoms with E-state index >= 15 is 0 Å². The van der Waals surface area contributed by atoms with E-state index < -0.39 is 0 Å². The summed E-state index contributed by atoms with van der Waals surface area (Å²) in [6, 6.07) is 42.9. The molecule has 6 aromatic carbocycles. The molecule has 0 N–H and O–H groups in total. The summed E-state index contributed by atoms with van der Waals surface area (Å²) in [5.41, 5.74) is 11.0. The van der Waals surface area contributed by atoms with E-state index in [1.807, 2.05) is 18.2 Å². The molecule has 0 saturated heterocycles. The second kappa shape index (κ2) is 7.21. The second-order valence-electron chi connectivity index (χ2n) is 9.98. The van der Waals surface area contributed by atoms with Crippen LogP contribution in [0.4, 0.5) is 0 Å². The SMILES string of the molecule is c1cc2c3c(cccc3c1)-c1cc(-n3c(-c4cccc5c4oc4ccccc45)nc4ccccc43)ccc1-2. The molecule has 0 atom stereocenters. The molecule has 38 heavy (non-hydrogen) atoms. The highest BCUT2D eigenvalue weighted by atomic mass is 16.3. The van der Waals surface area contributed by atoms with E-state index in [9.17, 15) is 0 Å². The number of imidazole rings is 1. The smallest absolute Gasteiger partial charge is 0.149 e. The first-order valence-electron chi connectivity index (χ1n) is 12.9. The lowest BCUT2D eigenvalue weighted by molar-refractivity contribution is 0.669. The third-order valence-corrected chi connectivity index (χ3v) is 7.95. The number of furan rings is 1. The zero-order valence-electron chi connectivity index (χ0n) is 20.3. The van der Waals surface area contributed by atoms with Crippen molar-refractivity contribution in [3.8, 4) is 39.3 Å². The molecule has 0 fully saturated rings. The van der Waals surface area contributed by atoms with Crippen LogP contribution in [0.15, 0.2) is 126 Å². The van der Waals surface area contributed by atoms with Gasteiger partial charge in [-0.1, -0.05) is 84.9 Å². The molecule has 3 nitrogen and oxygen atoms in total. The molecule has 9 rings (SSSR count). The van der Waals surface area contributed by atoms with Gasteiger partial charge in [0.1, 0.15) is 17.0 Å².